The summed E-state index contributed by atoms with van der Waals surface area (Å²) in [5.41, 5.74) is 0. The molecule has 2 radical (unpaired) electrons. The van der Waals surface area contributed by atoms with Crippen LogP contribution >= 0.6 is 0 Å². The van der Waals surface area contributed by atoms with Crippen molar-refractivity contribution in [3.05, 3.63) is 20.2 Å². The first-order valence-corrected chi connectivity index (χ1v) is 4.02. The third-order valence-corrected chi connectivity index (χ3v) is 1.69. The van der Waals surface area contributed by atoms with E-state index < -0.39 is 33.4 Å². The minimum absolute atomic E-state index is 0. The zero-order valence-electron chi connectivity index (χ0n) is 10.1. The fourth-order valence-electron chi connectivity index (χ4n) is 1.02. The average molecular weight is 336 g/mol. The van der Waals surface area contributed by atoms with Crippen molar-refractivity contribution < 1.29 is 20.3 Å². The van der Waals surface area contributed by atoms with E-state index in [0.717, 1.165) is 0 Å². The summed E-state index contributed by atoms with van der Waals surface area (Å²) >= 11 is 0. The van der Waals surface area contributed by atoms with Crippen LogP contribution in [0.4, 0.5) is 11.9 Å². The third kappa shape index (κ3) is 3.99. The molecule has 0 atom stereocenters. The van der Waals surface area contributed by atoms with Crippen LogP contribution in [-0.2, 0) is 0 Å². The van der Waals surface area contributed by atoms with Gasteiger partial charge in [0, 0.05) is 112 Å². The van der Waals surface area contributed by atoms with Crippen LogP contribution < -0.4 is 0 Å². The van der Waals surface area contributed by atoms with Gasteiger partial charge >= 0.3 is 23.5 Å². The van der Waals surface area contributed by atoms with Gasteiger partial charge in [-0.25, -0.2) is 0 Å². The molecule has 0 aromatic carbocycles. The van der Waals surface area contributed by atoms with E-state index in [1.54, 1.807) is 0 Å². The topological polar surface area (TPSA) is 188 Å². The quantitative estimate of drug-likeness (QED) is 0.276. The Bertz CT molecular complexity index is 595. The van der Waals surface area contributed by atoms with Crippen LogP contribution in [0.15, 0.2) is 0 Å². The van der Waals surface area contributed by atoms with Gasteiger partial charge in [0.2, 0.25) is 0 Å². The van der Waals surface area contributed by atoms with E-state index in [2.05, 4.69) is 20.2 Å². The number of hydrogen-bond donors (Lipinski definition) is 2. The van der Waals surface area contributed by atoms with E-state index >= 15 is 0 Å². The number of nitro groups is 2. The Kier molecular flexibility index (Phi) is 7.80. The summed E-state index contributed by atoms with van der Waals surface area (Å²) in [5, 5.41) is 45.0. The van der Waals surface area contributed by atoms with Crippen LogP contribution in [0.25, 0.3) is 11.6 Å². The summed E-state index contributed by atoms with van der Waals surface area (Å²) in [7, 11) is 0. The maximum Gasteiger partial charge on any atom is 0.494 e. The van der Waals surface area contributed by atoms with E-state index in [9.17, 15) is 30.6 Å². The number of rotatable bonds is 3. The molecule has 2 N–H and O–H groups in total. The first-order valence-electron chi connectivity index (χ1n) is 4.02. The van der Waals surface area contributed by atoms with Gasteiger partial charge in [0.05, 0.1) is 10.2 Å². The number of nitrogens with zero attached hydrogens (tertiary/aromatic N) is 8. The second-order valence-electron chi connectivity index (χ2n) is 2.76. The molecule has 0 aliphatic heterocycles. The Labute approximate surface area is 193 Å². The van der Waals surface area contributed by atoms with Gasteiger partial charge in [-0.15, -0.1) is 0 Å². The summed E-state index contributed by atoms with van der Waals surface area (Å²) in [6.07, 6.45) is 0. The van der Waals surface area contributed by atoms with Gasteiger partial charge in [-0.05, 0) is 19.8 Å². The van der Waals surface area contributed by atoms with Gasteiger partial charge in [0.1, 0.15) is 0 Å². The molecule has 0 unspecified atom stereocenters. The second-order valence-corrected chi connectivity index (χ2v) is 2.76. The van der Waals surface area contributed by atoms with Crippen molar-refractivity contribution in [1.29, 1.82) is 0 Å². The molecule has 0 fully saturated rings. The van der Waals surface area contributed by atoms with Crippen LogP contribution in [0.3, 0.4) is 0 Å². The van der Waals surface area contributed by atoms with Gasteiger partial charge in [-0.1, -0.05) is 0 Å². The number of aromatic nitrogens is 6. The molecule has 2 aromatic heterocycles. The van der Waals surface area contributed by atoms with E-state index in [1.165, 1.54) is 0 Å². The SMILES string of the molecule is O=[N+]([O-])c1nc(-c2nc([N+](=O)[O-])nn2O)n(O)n1.[K].[K]. The average Bonchev–Trinajstić information content (AvgIpc) is 2.82. The van der Waals surface area contributed by atoms with Crippen LogP contribution in [0.1, 0.15) is 0 Å². The number of hydrogen-bond acceptors (Lipinski definition) is 10. The maximum absolute atomic E-state index is 10.3. The van der Waals surface area contributed by atoms with Gasteiger partial charge in [-0.3, -0.25) is 0 Å². The zero-order chi connectivity index (χ0) is 13.4. The van der Waals surface area contributed by atoms with Crippen LogP contribution in [-0.4, -0.2) is 153 Å². The summed E-state index contributed by atoms with van der Waals surface area (Å²) < 4.78 is 0. The Balaban J connectivity index is 0.00000180. The summed E-state index contributed by atoms with van der Waals surface area (Å²) in [4.78, 5) is 25.0. The van der Waals surface area contributed by atoms with Crippen LogP contribution in [0.5, 0.6) is 0 Å². The molecule has 0 bridgehead atoms. The molecule has 2 rings (SSSR count). The maximum atomic E-state index is 10.3. The summed E-state index contributed by atoms with van der Waals surface area (Å²) in [6, 6.07) is 0. The standard InChI is InChI=1S/C4H2N8O6.2K/c13-9-1(5-3(7-9)11(15)16)2-6-4(12(17)18)8-10(2)14;;/h13-14H;;. The minimum Gasteiger partial charge on any atom is -0.398 e. The fourth-order valence-corrected chi connectivity index (χ4v) is 1.02. The summed E-state index contributed by atoms with van der Waals surface area (Å²) in [6.45, 7) is 0. The van der Waals surface area contributed by atoms with Crippen molar-refractivity contribution in [2.24, 2.45) is 0 Å². The first kappa shape index (κ1) is 20.0. The van der Waals surface area contributed by atoms with Crippen molar-refractivity contribution in [3.63, 3.8) is 0 Å². The van der Waals surface area contributed by atoms with E-state index in [-0.39, 0.29) is 112 Å². The zero-order valence-corrected chi connectivity index (χ0v) is 16.4. The van der Waals surface area contributed by atoms with Gasteiger partial charge in [0.15, 0.2) is 0 Å². The normalized spacial score (nSPS) is 9.40. The Morgan fingerprint density at radius 3 is 1.35 bits per heavy atom. The molecule has 0 aliphatic carbocycles. The third-order valence-electron chi connectivity index (χ3n) is 1.69. The van der Waals surface area contributed by atoms with E-state index in [4.69, 9.17) is 0 Å². The van der Waals surface area contributed by atoms with E-state index in [1.807, 2.05) is 0 Å². The van der Waals surface area contributed by atoms with Crippen molar-refractivity contribution in [3.8, 4) is 11.6 Å². The van der Waals surface area contributed by atoms with Gasteiger partial charge in [0.25, 0.3) is 0 Å². The Morgan fingerprint density at radius 2 is 1.15 bits per heavy atom. The Hall–Kier alpha value is -0.0473. The molecule has 0 saturated carbocycles. The molecule has 14 nitrogen and oxygen atoms in total. The largest absolute Gasteiger partial charge is 0.494 e. The molecule has 0 aliphatic rings. The predicted octanol–water partition coefficient (Wildman–Crippen LogP) is -1.93. The van der Waals surface area contributed by atoms with Crippen molar-refractivity contribution in [2.45, 2.75) is 0 Å². The molecule has 0 spiro atoms. The molecule has 96 valence electrons. The van der Waals surface area contributed by atoms with Crippen molar-refractivity contribution >= 4 is 115 Å². The molecule has 16 heteroatoms. The Morgan fingerprint density at radius 1 is 0.850 bits per heavy atom. The molecular formula is C4H2K2N8O6. The van der Waals surface area contributed by atoms with E-state index in [0.29, 0.717) is 0 Å². The predicted molar refractivity (Wildman–Crippen MR) is 58.2 cm³/mol. The van der Waals surface area contributed by atoms with Gasteiger partial charge < -0.3 is 30.6 Å². The molecule has 0 amide bonds. The van der Waals surface area contributed by atoms with Crippen LogP contribution in [0, 0.1) is 20.2 Å². The molecule has 2 aromatic rings. The minimum atomic E-state index is -1.01. The monoisotopic (exact) mass is 336 g/mol. The van der Waals surface area contributed by atoms with Crippen molar-refractivity contribution in [2.75, 3.05) is 0 Å². The van der Waals surface area contributed by atoms with Gasteiger partial charge in [-0.2, -0.15) is 0 Å². The summed E-state index contributed by atoms with van der Waals surface area (Å²) in [5.74, 6) is -3.30. The van der Waals surface area contributed by atoms with Crippen LogP contribution in [0.2, 0.25) is 0 Å². The first-order chi connectivity index (χ1) is 8.40. The smallest absolute Gasteiger partial charge is 0.398 e. The fraction of sp³-hybridized carbons (Fsp3) is 0. The van der Waals surface area contributed by atoms with Crippen molar-refractivity contribution in [1.82, 2.24) is 29.9 Å². The molecule has 0 saturated heterocycles. The second kappa shape index (κ2) is 7.82. The molecule has 20 heavy (non-hydrogen) atoms. The molecule has 2 heterocycles. The molecular weight excluding hydrogens is 334 g/mol.